The first-order chi connectivity index (χ1) is 11.1. The zero-order valence-electron chi connectivity index (χ0n) is 15.6. The van der Waals surface area contributed by atoms with E-state index in [2.05, 4.69) is 13.8 Å². The standard InChI is InChI=1S/C21H32O3/c1-12-14-6-5-13-15-7-10-21(4,24)20(15,3)11-17(23)18(13)19(14,2)9-8-16(12)22/h13,15,17-18,23-24H,5-11H2,1-4H3/t13-,15-,17-,18+,19-,20-,21-/m0/s1. The number of aliphatic hydroxyl groups excluding tert-OH is 1. The molecule has 3 heteroatoms. The fraction of sp³-hybridized carbons (Fsp3) is 0.857. The molecule has 0 radical (unpaired) electrons. The van der Waals surface area contributed by atoms with Crippen LogP contribution in [-0.4, -0.2) is 27.7 Å². The van der Waals surface area contributed by atoms with Gasteiger partial charge in [0.1, 0.15) is 0 Å². The lowest BCUT2D eigenvalue weighted by molar-refractivity contribution is -0.166. The number of hydrogen-bond acceptors (Lipinski definition) is 3. The van der Waals surface area contributed by atoms with Gasteiger partial charge in [-0.05, 0) is 81.1 Å². The van der Waals surface area contributed by atoms with Crippen molar-refractivity contribution in [2.75, 3.05) is 0 Å². The van der Waals surface area contributed by atoms with Crippen molar-refractivity contribution in [3.63, 3.8) is 0 Å². The second kappa shape index (κ2) is 4.94. The predicted octanol–water partition coefficient (Wildman–Crippen LogP) is 3.63. The minimum absolute atomic E-state index is 0.0316. The summed E-state index contributed by atoms with van der Waals surface area (Å²) in [7, 11) is 0. The van der Waals surface area contributed by atoms with E-state index in [9.17, 15) is 15.0 Å². The van der Waals surface area contributed by atoms with Crippen molar-refractivity contribution in [3.8, 4) is 0 Å². The zero-order valence-corrected chi connectivity index (χ0v) is 15.6. The normalized spacial score (nSPS) is 54.3. The third-order valence-corrected chi connectivity index (χ3v) is 8.91. The third-order valence-electron chi connectivity index (χ3n) is 8.91. The average Bonchev–Trinajstić information content (AvgIpc) is 2.73. The highest BCUT2D eigenvalue weighted by Crippen LogP contribution is 2.67. The number of aliphatic hydroxyl groups is 2. The van der Waals surface area contributed by atoms with Crippen LogP contribution in [-0.2, 0) is 4.79 Å². The van der Waals surface area contributed by atoms with Crippen molar-refractivity contribution >= 4 is 5.78 Å². The van der Waals surface area contributed by atoms with Crippen molar-refractivity contribution in [2.24, 2.45) is 28.6 Å². The van der Waals surface area contributed by atoms with Crippen LogP contribution >= 0.6 is 0 Å². The van der Waals surface area contributed by atoms with Gasteiger partial charge in [0.25, 0.3) is 0 Å². The Kier molecular flexibility index (Phi) is 3.46. The lowest BCUT2D eigenvalue weighted by Crippen LogP contribution is -2.59. The molecule has 0 bridgehead atoms. The average molecular weight is 332 g/mol. The molecular weight excluding hydrogens is 300 g/mol. The SMILES string of the molecule is CC1=C2CC[C@@H]3[C@H]([C@@H](O)C[C@@]4(C)[C@H]3CC[C@]4(C)O)[C@@]2(C)CCC1=O. The van der Waals surface area contributed by atoms with E-state index in [0.717, 1.165) is 37.7 Å². The Bertz CT molecular complexity index is 619. The van der Waals surface area contributed by atoms with Gasteiger partial charge in [-0.15, -0.1) is 0 Å². The Balaban J connectivity index is 1.77. The maximum Gasteiger partial charge on any atom is 0.158 e. The first-order valence-electron chi connectivity index (χ1n) is 9.76. The van der Waals surface area contributed by atoms with Gasteiger partial charge in [0.15, 0.2) is 5.78 Å². The molecular formula is C21H32O3. The monoisotopic (exact) mass is 332 g/mol. The van der Waals surface area contributed by atoms with Crippen LogP contribution < -0.4 is 0 Å². The molecule has 2 N–H and O–H groups in total. The molecule has 0 aliphatic heterocycles. The van der Waals surface area contributed by atoms with E-state index in [4.69, 9.17) is 0 Å². The van der Waals surface area contributed by atoms with Crippen molar-refractivity contribution in [2.45, 2.75) is 84.3 Å². The second-order valence-electron chi connectivity index (χ2n) is 9.78. The lowest BCUT2D eigenvalue weighted by atomic mass is 9.45. The Morgan fingerprint density at radius 2 is 1.79 bits per heavy atom. The topological polar surface area (TPSA) is 57.5 Å². The highest BCUT2D eigenvalue weighted by atomic mass is 16.3. The minimum Gasteiger partial charge on any atom is -0.393 e. The van der Waals surface area contributed by atoms with Gasteiger partial charge in [-0.3, -0.25) is 4.79 Å². The molecule has 0 heterocycles. The molecule has 4 rings (SSSR count). The molecule has 4 aliphatic carbocycles. The van der Waals surface area contributed by atoms with Gasteiger partial charge >= 0.3 is 0 Å². The smallest absolute Gasteiger partial charge is 0.158 e. The fourth-order valence-electron chi connectivity index (χ4n) is 7.33. The number of rotatable bonds is 0. The van der Waals surface area contributed by atoms with Crippen LogP contribution in [0.25, 0.3) is 0 Å². The van der Waals surface area contributed by atoms with Gasteiger partial charge in [0.05, 0.1) is 11.7 Å². The summed E-state index contributed by atoms with van der Waals surface area (Å²) in [6.07, 6.45) is 5.82. The van der Waals surface area contributed by atoms with Crippen molar-refractivity contribution in [3.05, 3.63) is 11.1 Å². The van der Waals surface area contributed by atoms with E-state index in [-0.39, 0.29) is 22.9 Å². The third kappa shape index (κ3) is 1.89. The summed E-state index contributed by atoms with van der Waals surface area (Å²) in [6.45, 7) is 8.47. The van der Waals surface area contributed by atoms with Gasteiger partial charge in [-0.1, -0.05) is 19.4 Å². The molecule has 0 aromatic heterocycles. The van der Waals surface area contributed by atoms with Crippen LogP contribution in [0.5, 0.6) is 0 Å². The van der Waals surface area contributed by atoms with E-state index in [1.807, 2.05) is 13.8 Å². The van der Waals surface area contributed by atoms with Gasteiger partial charge in [0.2, 0.25) is 0 Å². The molecule has 3 fully saturated rings. The van der Waals surface area contributed by atoms with E-state index < -0.39 is 5.60 Å². The van der Waals surface area contributed by atoms with Crippen molar-refractivity contribution in [1.29, 1.82) is 0 Å². The van der Waals surface area contributed by atoms with E-state index >= 15 is 0 Å². The first kappa shape index (κ1) is 16.8. The molecule has 4 aliphatic rings. The summed E-state index contributed by atoms with van der Waals surface area (Å²) in [5, 5.41) is 22.2. The second-order valence-corrected chi connectivity index (χ2v) is 9.78. The number of allylic oxidation sites excluding steroid dienone is 1. The van der Waals surface area contributed by atoms with E-state index in [1.165, 1.54) is 5.57 Å². The van der Waals surface area contributed by atoms with Gasteiger partial charge in [-0.25, -0.2) is 0 Å². The summed E-state index contributed by atoms with van der Waals surface area (Å²) >= 11 is 0. The predicted molar refractivity (Wildman–Crippen MR) is 93.3 cm³/mol. The number of Topliss-reactive ketones (excluding diaryl/α,β-unsaturated/α-hetero) is 1. The van der Waals surface area contributed by atoms with Crippen LogP contribution in [0.4, 0.5) is 0 Å². The molecule has 0 amide bonds. The molecule has 3 saturated carbocycles. The number of hydrogen-bond donors (Lipinski definition) is 2. The first-order valence-corrected chi connectivity index (χ1v) is 9.76. The highest BCUT2D eigenvalue weighted by molar-refractivity contribution is 5.96. The Morgan fingerprint density at radius 3 is 2.50 bits per heavy atom. The molecule has 0 aromatic rings. The molecule has 3 nitrogen and oxygen atoms in total. The quantitative estimate of drug-likeness (QED) is 0.712. The van der Waals surface area contributed by atoms with Crippen molar-refractivity contribution < 1.29 is 15.0 Å². The molecule has 7 atom stereocenters. The van der Waals surface area contributed by atoms with E-state index in [1.54, 1.807) is 0 Å². The Morgan fingerprint density at radius 1 is 1.08 bits per heavy atom. The van der Waals surface area contributed by atoms with Gasteiger partial charge in [0, 0.05) is 11.8 Å². The molecule has 0 spiro atoms. The fourth-order valence-corrected chi connectivity index (χ4v) is 7.33. The summed E-state index contributed by atoms with van der Waals surface area (Å²) in [4.78, 5) is 12.2. The number of ketones is 1. The number of fused-ring (bicyclic) bond motifs is 5. The minimum atomic E-state index is -0.668. The lowest BCUT2D eigenvalue weighted by Gasteiger charge is -2.60. The van der Waals surface area contributed by atoms with Crippen LogP contribution in [0.15, 0.2) is 11.1 Å². The summed E-state index contributed by atoms with van der Waals surface area (Å²) < 4.78 is 0. The van der Waals surface area contributed by atoms with Crippen molar-refractivity contribution in [1.82, 2.24) is 0 Å². The largest absolute Gasteiger partial charge is 0.393 e. The summed E-state index contributed by atoms with van der Waals surface area (Å²) in [5.74, 6) is 1.52. The number of carbonyl (C=O) groups excluding carboxylic acids is 1. The van der Waals surface area contributed by atoms with Gasteiger partial charge < -0.3 is 10.2 Å². The molecule has 0 saturated heterocycles. The zero-order chi connectivity index (χ0) is 17.5. The molecule has 24 heavy (non-hydrogen) atoms. The summed E-state index contributed by atoms with van der Waals surface area (Å²) in [6, 6.07) is 0. The van der Waals surface area contributed by atoms with Crippen LogP contribution in [0.1, 0.15) is 72.6 Å². The maximum atomic E-state index is 12.2. The molecule has 134 valence electrons. The summed E-state index contributed by atoms with van der Waals surface area (Å²) in [5.41, 5.74) is 1.42. The van der Waals surface area contributed by atoms with Crippen LogP contribution in [0, 0.1) is 28.6 Å². The van der Waals surface area contributed by atoms with Gasteiger partial charge in [-0.2, -0.15) is 0 Å². The van der Waals surface area contributed by atoms with Crippen LogP contribution in [0.3, 0.4) is 0 Å². The molecule has 0 aromatic carbocycles. The van der Waals surface area contributed by atoms with Crippen LogP contribution in [0.2, 0.25) is 0 Å². The Hall–Kier alpha value is -0.670. The maximum absolute atomic E-state index is 12.2. The molecule has 0 unspecified atom stereocenters. The van der Waals surface area contributed by atoms with E-state index in [0.29, 0.717) is 30.5 Å². The number of carbonyl (C=O) groups is 1. The highest BCUT2D eigenvalue weighted by Gasteiger charge is 2.65. The Labute approximate surface area is 145 Å².